The Kier molecular flexibility index (Phi) is 5.62. The zero-order valence-corrected chi connectivity index (χ0v) is 13.1. The number of hydrogen-bond donors (Lipinski definition) is 2. The van der Waals surface area contributed by atoms with Crippen molar-refractivity contribution in [3.8, 4) is 0 Å². The fraction of sp³-hybridized carbons (Fsp3) is 0.188. The van der Waals surface area contributed by atoms with Crippen molar-refractivity contribution < 1.29 is 4.79 Å². The van der Waals surface area contributed by atoms with E-state index >= 15 is 0 Å². The molecule has 3 nitrogen and oxygen atoms in total. The van der Waals surface area contributed by atoms with Crippen LogP contribution in [0.5, 0.6) is 0 Å². The molecule has 1 amide bonds. The van der Waals surface area contributed by atoms with Gasteiger partial charge in [-0.15, -0.1) is 0 Å². The van der Waals surface area contributed by atoms with Gasteiger partial charge in [-0.2, -0.15) is 0 Å². The van der Waals surface area contributed by atoms with E-state index in [-0.39, 0.29) is 12.5 Å². The topological polar surface area (TPSA) is 41.1 Å². The summed E-state index contributed by atoms with van der Waals surface area (Å²) < 4.78 is 0. The smallest absolute Gasteiger partial charge is 0.238 e. The van der Waals surface area contributed by atoms with Crippen LogP contribution in [-0.4, -0.2) is 12.5 Å². The predicted octanol–water partition coefficient (Wildman–Crippen LogP) is 4.03. The van der Waals surface area contributed by atoms with Crippen LogP contribution in [0, 0.1) is 6.92 Å². The third-order valence-electron chi connectivity index (χ3n) is 2.94. The van der Waals surface area contributed by atoms with Gasteiger partial charge in [-0.05, 0) is 30.7 Å². The summed E-state index contributed by atoms with van der Waals surface area (Å²) in [5, 5.41) is 6.81. The average Bonchev–Trinajstić information content (AvgIpc) is 2.45. The summed E-state index contributed by atoms with van der Waals surface area (Å²) in [5.41, 5.74) is 2.87. The molecule has 0 fully saturated rings. The normalized spacial score (nSPS) is 10.4. The van der Waals surface area contributed by atoms with Crippen molar-refractivity contribution in [1.29, 1.82) is 0 Å². The molecule has 0 spiro atoms. The van der Waals surface area contributed by atoms with E-state index in [9.17, 15) is 4.79 Å². The Morgan fingerprint density at radius 1 is 1.10 bits per heavy atom. The van der Waals surface area contributed by atoms with Crippen LogP contribution in [0.3, 0.4) is 0 Å². The second kappa shape index (κ2) is 7.46. The predicted molar refractivity (Wildman–Crippen MR) is 88.0 cm³/mol. The number of anilines is 1. The van der Waals surface area contributed by atoms with Crippen LogP contribution in [0.15, 0.2) is 42.5 Å². The minimum absolute atomic E-state index is 0.161. The van der Waals surface area contributed by atoms with E-state index in [1.165, 1.54) is 5.56 Å². The second-order valence-corrected chi connectivity index (χ2v) is 5.61. The SMILES string of the molecule is Cc1ccc(CNCC(=O)Nc2cc(Cl)ccc2Cl)cc1. The Morgan fingerprint density at radius 2 is 1.81 bits per heavy atom. The third kappa shape index (κ3) is 5.05. The Bertz CT molecular complexity index is 627. The fourth-order valence-electron chi connectivity index (χ4n) is 1.81. The standard InChI is InChI=1S/C16H16Cl2N2O/c1-11-2-4-12(5-3-11)9-19-10-16(21)20-15-8-13(17)6-7-14(15)18/h2-8,19H,9-10H2,1H3,(H,20,21). The first-order valence-corrected chi connectivity index (χ1v) is 7.31. The monoisotopic (exact) mass is 322 g/mol. The van der Waals surface area contributed by atoms with E-state index in [0.29, 0.717) is 22.3 Å². The molecule has 2 rings (SSSR count). The van der Waals surface area contributed by atoms with Gasteiger partial charge in [0.25, 0.3) is 0 Å². The molecule has 0 aliphatic carbocycles. The largest absolute Gasteiger partial charge is 0.324 e. The number of carbonyl (C=O) groups is 1. The lowest BCUT2D eigenvalue weighted by molar-refractivity contribution is -0.115. The van der Waals surface area contributed by atoms with Crippen LogP contribution >= 0.6 is 23.2 Å². The fourth-order valence-corrected chi connectivity index (χ4v) is 2.15. The van der Waals surface area contributed by atoms with Gasteiger partial charge in [0.15, 0.2) is 0 Å². The number of nitrogens with one attached hydrogen (secondary N) is 2. The maximum atomic E-state index is 11.8. The lowest BCUT2D eigenvalue weighted by atomic mass is 10.1. The molecular weight excluding hydrogens is 307 g/mol. The number of rotatable bonds is 5. The van der Waals surface area contributed by atoms with Gasteiger partial charge < -0.3 is 10.6 Å². The van der Waals surface area contributed by atoms with Crippen molar-refractivity contribution in [2.75, 3.05) is 11.9 Å². The number of amides is 1. The molecule has 5 heteroatoms. The van der Waals surface area contributed by atoms with E-state index in [1.807, 2.05) is 31.2 Å². The van der Waals surface area contributed by atoms with Gasteiger partial charge >= 0.3 is 0 Å². The summed E-state index contributed by atoms with van der Waals surface area (Å²) in [6.07, 6.45) is 0. The van der Waals surface area contributed by atoms with Crippen LogP contribution in [0.4, 0.5) is 5.69 Å². The number of aryl methyl sites for hydroxylation is 1. The maximum Gasteiger partial charge on any atom is 0.238 e. The summed E-state index contributed by atoms with van der Waals surface area (Å²) in [6, 6.07) is 13.1. The molecule has 0 aliphatic rings. The molecular formula is C16H16Cl2N2O. The van der Waals surface area contributed by atoms with E-state index in [0.717, 1.165) is 5.56 Å². The summed E-state index contributed by atoms with van der Waals surface area (Å²) in [5.74, 6) is -0.161. The van der Waals surface area contributed by atoms with Gasteiger partial charge in [0, 0.05) is 11.6 Å². The first-order chi connectivity index (χ1) is 10.0. The van der Waals surface area contributed by atoms with Gasteiger partial charge in [0.1, 0.15) is 0 Å². The van der Waals surface area contributed by atoms with Crippen molar-refractivity contribution >= 4 is 34.8 Å². The summed E-state index contributed by atoms with van der Waals surface area (Å²) in [4.78, 5) is 11.8. The highest BCUT2D eigenvalue weighted by Gasteiger charge is 2.06. The van der Waals surface area contributed by atoms with Crippen molar-refractivity contribution in [2.24, 2.45) is 0 Å². The first kappa shape index (κ1) is 15.8. The maximum absolute atomic E-state index is 11.8. The summed E-state index contributed by atoms with van der Waals surface area (Å²) >= 11 is 11.9. The van der Waals surface area contributed by atoms with Gasteiger partial charge in [0.05, 0.1) is 17.3 Å². The molecule has 0 bridgehead atoms. The Balaban J connectivity index is 1.82. The van der Waals surface area contributed by atoms with Crippen LogP contribution in [0.25, 0.3) is 0 Å². The molecule has 0 radical (unpaired) electrons. The highest BCUT2D eigenvalue weighted by molar-refractivity contribution is 6.35. The Morgan fingerprint density at radius 3 is 2.52 bits per heavy atom. The van der Waals surface area contributed by atoms with Gasteiger partial charge in [0.2, 0.25) is 5.91 Å². The first-order valence-electron chi connectivity index (χ1n) is 6.56. The van der Waals surface area contributed by atoms with Gasteiger partial charge in [-0.3, -0.25) is 4.79 Å². The number of carbonyl (C=O) groups excluding carboxylic acids is 1. The quantitative estimate of drug-likeness (QED) is 0.872. The minimum Gasteiger partial charge on any atom is -0.324 e. The van der Waals surface area contributed by atoms with E-state index in [2.05, 4.69) is 10.6 Å². The van der Waals surface area contributed by atoms with Crippen molar-refractivity contribution in [1.82, 2.24) is 5.32 Å². The van der Waals surface area contributed by atoms with Crippen LogP contribution in [-0.2, 0) is 11.3 Å². The highest BCUT2D eigenvalue weighted by atomic mass is 35.5. The summed E-state index contributed by atoms with van der Waals surface area (Å²) in [7, 11) is 0. The van der Waals surface area contributed by atoms with Crippen molar-refractivity contribution in [2.45, 2.75) is 13.5 Å². The van der Waals surface area contributed by atoms with E-state index < -0.39 is 0 Å². The average molecular weight is 323 g/mol. The number of hydrogen-bond acceptors (Lipinski definition) is 2. The van der Waals surface area contributed by atoms with Crippen LogP contribution in [0.2, 0.25) is 10.0 Å². The van der Waals surface area contributed by atoms with Crippen molar-refractivity contribution in [3.63, 3.8) is 0 Å². The van der Waals surface area contributed by atoms with E-state index in [1.54, 1.807) is 18.2 Å². The lowest BCUT2D eigenvalue weighted by Crippen LogP contribution is -2.27. The third-order valence-corrected chi connectivity index (χ3v) is 3.50. The molecule has 0 unspecified atom stereocenters. The van der Waals surface area contributed by atoms with Gasteiger partial charge in [-0.1, -0.05) is 53.0 Å². The lowest BCUT2D eigenvalue weighted by Gasteiger charge is -2.09. The zero-order valence-electron chi connectivity index (χ0n) is 11.6. The molecule has 0 saturated carbocycles. The Hall–Kier alpha value is -1.55. The molecule has 110 valence electrons. The number of halogens is 2. The molecule has 0 saturated heterocycles. The van der Waals surface area contributed by atoms with E-state index in [4.69, 9.17) is 23.2 Å². The van der Waals surface area contributed by atoms with Crippen LogP contribution in [0.1, 0.15) is 11.1 Å². The Labute approximate surface area is 134 Å². The molecule has 0 aromatic heterocycles. The number of benzene rings is 2. The molecule has 0 aliphatic heterocycles. The second-order valence-electron chi connectivity index (χ2n) is 4.76. The molecule has 2 aromatic carbocycles. The van der Waals surface area contributed by atoms with Gasteiger partial charge in [-0.25, -0.2) is 0 Å². The van der Waals surface area contributed by atoms with Crippen LogP contribution < -0.4 is 10.6 Å². The molecule has 0 heterocycles. The summed E-state index contributed by atoms with van der Waals surface area (Å²) in [6.45, 7) is 2.88. The zero-order chi connectivity index (χ0) is 15.2. The van der Waals surface area contributed by atoms with Crippen molar-refractivity contribution in [3.05, 3.63) is 63.6 Å². The highest BCUT2D eigenvalue weighted by Crippen LogP contribution is 2.25. The molecule has 21 heavy (non-hydrogen) atoms. The molecule has 0 atom stereocenters. The minimum atomic E-state index is -0.161. The molecule has 2 N–H and O–H groups in total. The molecule has 2 aromatic rings.